The van der Waals surface area contributed by atoms with Crippen LogP contribution in [0.4, 0.5) is 0 Å². The maximum atomic E-state index is 9.89. The SMILES string of the molecule is C=CC(CCC)NC=O. The number of rotatable bonds is 5. The molecule has 1 amide bonds. The van der Waals surface area contributed by atoms with Gasteiger partial charge < -0.3 is 5.32 Å². The highest BCUT2D eigenvalue weighted by Gasteiger charge is 1.96. The summed E-state index contributed by atoms with van der Waals surface area (Å²) in [5, 5.41) is 2.63. The molecule has 0 spiro atoms. The van der Waals surface area contributed by atoms with Gasteiger partial charge in [-0.1, -0.05) is 19.4 Å². The van der Waals surface area contributed by atoms with E-state index in [9.17, 15) is 4.79 Å². The van der Waals surface area contributed by atoms with Crippen molar-refractivity contribution in [2.45, 2.75) is 25.8 Å². The molecule has 1 unspecified atom stereocenters. The second-order valence-electron chi connectivity index (χ2n) is 1.92. The largest absolute Gasteiger partial charge is 0.352 e. The van der Waals surface area contributed by atoms with Crippen LogP contribution in [0, 0.1) is 0 Å². The topological polar surface area (TPSA) is 29.1 Å². The second kappa shape index (κ2) is 5.35. The van der Waals surface area contributed by atoms with Crippen molar-refractivity contribution in [2.75, 3.05) is 0 Å². The maximum Gasteiger partial charge on any atom is 0.207 e. The van der Waals surface area contributed by atoms with E-state index in [0.29, 0.717) is 6.41 Å². The van der Waals surface area contributed by atoms with E-state index in [0.717, 1.165) is 12.8 Å². The summed E-state index contributed by atoms with van der Waals surface area (Å²) in [6.07, 6.45) is 4.50. The molecule has 0 aliphatic heterocycles. The molecule has 0 saturated carbocycles. The van der Waals surface area contributed by atoms with Crippen LogP contribution in [-0.4, -0.2) is 12.5 Å². The minimum absolute atomic E-state index is 0.160. The summed E-state index contributed by atoms with van der Waals surface area (Å²) in [4.78, 5) is 9.89. The molecular weight excluding hydrogens is 114 g/mol. The molecule has 0 saturated heterocycles. The van der Waals surface area contributed by atoms with Crippen molar-refractivity contribution in [1.29, 1.82) is 0 Å². The first kappa shape index (κ1) is 8.21. The molecular formula is C7H13NO. The van der Waals surface area contributed by atoms with Crippen LogP contribution in [0.2, 0.25) is 0 Å². The van der Waals surface area contributed by atoms with Gasteiger partial charge in [0.05, 0.1) is 0 Å². The summed E-state index contributed by atoms with van der Waals surface area (Å²) in [5.41, 5.74) is 0. The van der Waals surface area contributed by atoms with Crippen LogP contribution in [0.1, 0.15) is 19.8 Å². The fourth-order valence-electron chi connectivity index (χ4n) is 0.668. The zero-order chi connectivity index (χ0) is 7.11. The standard InChI is InChI=1S/C7H13NO/c1-3-5-7(4-2)8-6-9/h4,6-7H,2-3,5H2,1H3,(H,8,9). The molecule has 1 N–H and O–H groups in total. The Balaban J connectivity index is 3.40. The van der Waals surface area contributed by atoms with Gasteiger partial charge >= 0.3 is 0 Å². The highest BCUT2D eigenvalue weighted by Crippen LogP contribution is 1.94. The van der Waals surface area contributed by atoms with E-state index in [1.165, 1.54) is 0 Å². The highest BCUT2D eigenvalue weighted by molar-refractivity contribution is 5.47. The summed E-state index contributed by atoms with van der Waals surface area (Å²) in [6.45, 7) is 5.65. The Bertz CT molecular complexity index is 90.9. The number of carbonyl (C=O) groups excluding carboxylic acids is 1. The van der Waals surface area contributed by atoms with Crippen LogP contribution in [-0.2, 0) is 4.79 Å². The fraction of sp³-hybridized carbons (Fsp3) is 0.571. The Hall–Kier alpha value is -0.790. The Morgan fingerprint density at radius 3 is 2.78 bits per heavy atom. The van der Waals surface area contributed by atoms with Crippen LogP contribution in [0.15, 0.2) is 12.7 Å². The molecule has 0 rings (SSSR count). The lowest BCUT2D eigenvalue weighted by Gasteiger charge is -2.07. The normalized spacial score (nSPS) is 12.1. The number of amides is 1. The molecule has 52 valence electrons. The van der Waals surface area contributed by atoms with Crippen molar-refractivity contribution >= 4 is 6.41 Å². The van der Waals surface area contributed by atoms with Gasteiger partial charge in [-0.3, -0.25) is 4.79 Å². The Kier molecular flexibility index (Phi) is 4.88. The van der Waals surface area contributed by atoms with Crippen molar-refractivity contribution in [1.82, 2.24) is 5.32 Å². The van der Waals surface area contributed by atoms with E-state index in [4.69, 9.17) is 0 Å². The predicted molar refractivity (Wildman–Crippen MR) is 38.1 cm³/mol. The van der Waals surface area contributed by atoms with Crippen LogP contribution in [0.25, 0.3) is 0 Å². The molecule has 0 bridgehead atoms. The molecule has 0 aromatic carbocycles. The number of hydrogen-bond acceptors (Lipinski definition) is 1. The van der Waals surface area contributed by atoms with E-state index in [1.54, 1.807) is 6.08 Å². The van der Waals surface area contributed by atoms with Gasteiger partial charge in [0.2, 0.25) is 6.41 Å². The summed E-state index contributed by atoms with van der Waals surface area (Å²) >= 11 is 0. The van der Waals surface area contributed by atoms with E-state index >= 15 is 0 Å². The van der Waals surface area contributed by atoms with Gasteiger partial charge in [0, 0.05) is 6.04 Å². The van der Waals surface area contributed by atoms with Gasteiger partial charge in [0.1, 0.15) is 0 Å². The van der Waals surface area contributed by atoms with Gasteiger partial charge in [-0.15, -0.1) is 6.58 Å². The van der Waals surface area contributed by atoms with E-state index in [2.05, 4.69) is 18.8 Å². The lowest BCUT2D eigenvalue weighted by atomic mass is 10.2. The third kappa shape index (κ3) is 3.76. The summed E-state index contributed by atoms with van der Waals surface area (Å²) in [5.74, 6) is 0. The molecule has 1 atom stereocenters. The molecule has 0 aliphatic carbocycles. The number of hydrogen-bond donors (Lipinski definition) is 1. The zero-order valence-corrected chi connectivity index (χ0v) is 5.76. The van der Waals surface area contributed by atoms with Crippen molar-refractivity contribution in [2.24, 2.45) is 0 Å². The molecule has 0 radical (unpaired) electrons. The molecule has 2 nitrogen and oxygen atoms in total. The van der Waals surface area contributed by atoms with Gasteiger partial charge in [-0.2, -0.15) is 0 Å². The van der Waals surface area contributed by atoms with E-state index in [1.807, 2.05) is 0 Å². The molecule has 0 aromatic rings. The quantitative estimate of drug-likeness (QED) is 0.434. The van der Waals surface area contributed by atoms with Crippen molar-refractivity contribution in [3.8, 4) is 0 Å². The van der Waals surface area contributed by atoms with Crippen LogP contribution in [0.3, 0.4) is 0 Å². The summed E-state index contributed by atoms with van der Waals surface area (Å²) in [6, 6.07) is 0.160. The molecule has 0 aliphatic rings. The monoisotopic (exact) mass is 127 g/mol. The minimum atomic E-state index is 0.160. The molecule has 2 heteroatoms. The van der Waals surface area contributed by atoms with Crippen molar-refractivity contribution in [3.05, 3.63) is 12.7 Å². The fourth-order valence-corrected chi connectivity index (χ4v) is 0.668. The van der Waals surface area contributed by atoms with Crippen LogP contribution >= 0.6 is 0 Å². The van der Waals surface area contributed by atoms with Crippen molar-refractivity contribution in [3.63, 3.8) is 0 Å². The van der Waals surface area contributed by atoms with Gasteiger partial charge in [-0.25, -0.2) is 0 Å². The van der Waals surface area contributed by atoms with Gasteiger partial charge in [0.15, 0.2) is 0 Å². The van der Waals surface area contributed by atoms with Crippen molar-refractivity contribution < 1.29 is 4.79 Å². The molecule has 9 heavy (non-hydrogen) atoms. The molecule has 0 heterocycles. The maximum absolute atomic E-state index is 9.89. The average molecular weight is 127 g/mol. The summed E-state index contributed by atoms with van der Waals surface area (Å²) < 4.78 is 0. The third-order valence-electron chi connectivity index (χ3n) is 1.17. The highest BCUT2D eigenvalue weighted by atomic mass is 16.1. The van der Waals surface area contributed by atoms with Gasteiger partial charge in [0.25, 0.3) is 0 Å². The molecule has 0 fully saturated rings. The first-order valence-corrected chi connectivity index (χ1v) is 3.17. The zero-order valence-electron chi connectivity index (χ0n) is 5.76. The minimum Gasteiger partial charge on any atom is -0.352 e. The van der Waals surface area contributed by atoms with E-state index < -0.39 is 0 Å². The average Bonchev–Trinajstić information content (AvgIpc) is 1.88. The predicted octanol–water partition coefficient (Wildman–Crippen LogP) is 1.09. The van der Waals surface area contributed by atoms with Crippen LogP contribution < -0.4 is 5.32 Å². The lowest BCUT2D eigenvalue weighted by molar-refractivity contribution is -0.109. The smallest absolute Gasteiger partial charge is 0.207 e. The first-order chi connectivity index (χ1) is 4.35. The Morgan fingerprint density at radius 2 is 2.44 bits per heavy atom. The Labute approximate surface area is 56.0 Å². The second-order valence-corrected chi connectivity index (χ2v) is 1.92. The Morgan fingerprint density at radius 1 is 1.78 bits per heavy atom. The van der Waals surface area contributed by atoms with Crippen LogP contribution in [0.5, 0.6) is 0 Å². The number of carbonyl (C=O) groups is 1. The van der Waals surface area contributed by atoms with Gasteiger partial charge in [-0.05, 0) is 6.42 Å². The molecule has 0 aromatic heterocycles. The summed E-state index contributed by atoms with van der Waals surface area (Å²) in [7, 11) is 0. The van der Waals surface area contributed by atoms with E-state index in [-0.39, 0.29) is 6.04 Å². The first-order valence-electron chi connectivity index (χ1n) is 3.17. The number of nitrogens with one attached hydrogen (secondary N) is 1. The lowest BCUT2D eigenvalue weighted by Crippen LogP contribution is -2.24. The third-order valence-corrected chi connectivity index (χ3v) is 1.17.